The molecule has 0 saturated heterocycles. The van der Waals surface area contributed by atoms with Gasteiger partial charge in [0.15, 0.2) is 11.7 Å². The highest BCUT2D eigenvalue weighted by Gasteiger charge is 1.94. The molecule has 0 atom stereocenters. The number of nitrogens with zero attached hydrogens (tertiary/aromatic N) is 1. The Morgan fingerprint density at radius 1 is 1.31 bits per heavy atom. The van der Waals surface area contributed by atoms with Gasteiger partial charge in [-0.05, 0) is 18.9 Å². The van der Waals surface area contributed by atoms with E-state index < -0.39 is 0 Å². The van der Waals surface area contributed by atoms with Gasteiger partial charge in [-0.15, -0.1) is 0 Å². The molecule has 4 heteroatoms. The van der Waals surface area contributed by atoms with Gasteiger partial charge in [0.05, 0.1) is 0 Å². The Balaban J connectivity index is 3.22. The molecule has 4 nitrogen and oxygen atoms in total. The SMILES string of the molecule is C=CC(=O)CCCCCN=C(N)N. The summed E-state index contributed by atoms with van der Waals surface area (Å²) in [6.07, 6.45) is 4.70. The Hall–Kier alpha value is -1.32. The molecule has 0 fully saturated rings. The maximum absolute atomic E-state index is 10.8. The van der Waals surface area contributed by atoms with Crippen molar-refractivity contribution in [2.75, 3.05) is 6.54 Å². The summed E-state index contributed by atoms with van der Waals surface area (Å²) in [5, 5.41) is 0. The fourth-order valence-electron chi connectivity index (χ4n) is 0.898. The van der Waals surface area contributed by atoms with Crippen LogP contribution in [-0.2, 0) is 4.79 Å². The molecule has 13 heavy (non-hydrogen) atoms. The zero-order chi connectivity index (χ0) is 10.1. The molecule has 0 saturated carbocycles. The van der Waals surface area contributed by atoms with E-state index >= 15 is 0 Å². The molecule has 0 aliphatic heterocycles. The van der Waals surface area contributed by atoms with Crippen LogP contribution < -0.4 is 11.5 Å². The molecular weight excluding hydrogens is 166 g/mol. The molecule has 74 valence electrons. The first-order valence-corrected chi connectivity index (χ1v) is 4.37. The molecule has 0 aromatic rings. The molecule has 0 bridgehead atoms. The number of unbranched alkanes of at least 4 members (excludes halogenated alkanes) is 2. The first-order chi connectivity index (χ1) is 6.16. The van der Waals surface area contributed by atoms with Gasteiger partial charge in [0.25, 0.3) is 0 Å². The molecule has 0 aliphatic rings. The Labute approximate surface area is 78.7 Å². The fraction of sp³-hybridized carbons (Fsp3) is 0.556. The molecule has 0 amide bonds. The standard InChI is InChI=1S/C9H17N3O/c1-2-8(13)6-4-3-5-7-12-9(10)11/h2H,1,3-7H2,(H4,10,11,12). The van der Waals surface area contributed by atoms with Crippen molar-refractivity contribution in [1.82, 2.24) is 0 Å². The average Bonchev–Trinajstić information content (AvgIpc) is 2.10. The number of aliphatic imine (C=N–C) groups is 1. The van der Waals surface area contributed by atoms with E-state index in [4.69, 9.17) is 11.5 Å². The van der Waals surface area contributed by atoms with Crippen LogP contribution in [0.4, 0.5) is 0 Å². The highest BCUT2D eigenvalue weighted by Crippen LogP contribution is 2.00. The van der Waals surface area contributed by atoms with E-state index in [0.717, 1.165) is 19.3 Å². The number of carbonyl (C=O) groups excluding carboxylic acids is 1. The second-order valence-corrected chi connectivity index (χ2v) is 2.79. The first kappa shape index (κ1) is 11.7. The molecule has 0 aliphatic carbocycles. The minimum Gasteiger partial charge on any atom is -0.370 e. The van der Waals surface area contributed by atoms with Gasteiger partial charge >= 0.3 is 0 Å². The molecule has 0 heterocycles. The van der Waals surface area contributed by atoms with Gasteiger partial charge in [0, 0.05) is 13.0 Å². The van der Waals surface area contributed by atoms with Crippen LogP contribution in [-0.4, -0.2) is 18.3 Å². The van der Waals surface area contributed by atoms with Gasteiger partial charge in [-0.1, -0.05) is 13.0 Å². The molecule has 0 unspecified atom stereocenters. The van der Waals surface area contributed by atoms with Crippen LogP contribution in [0.5, 0.6) is 0 Å². The number of ketones is 1. The number of allylic oxidation sites excluding steroid dienone is 1. The van der Waals surface area contributed by atoms with Gasteiger partial charge < -0.3 is 11.5 Å². The fourth-order valence-corrected chi connectivity index (χ4v) is 0.898. The van der Waals surface area contributed by atoms with Crippen molar-refractivity contribution in [2.45, 2.75) is 25.7 Å². The summed E-state index contributed by atoms with van der Waals surface area (Å²) in [5.74, 6) is 0.226. The lowest BCUT2D eigenvalue weighted by Crippen LogP contribution is -2.22. The first-order valence-electron chi connectivity index (χ1n) is 4.37. The summed E-state index contributed by atoms with van der Waals surface area (Å²) in [6.45, 7) is 4.04. The number of rotatable bonds is 7. The van der Waals surface area contributed by atoms with Crippen LogP contribution in [0.3, 0.4) is 0 Å². The normalized spacial score (nSPS) is 9.23. The zero-order valence-electron chi connectivity index (χ0n) is 7.83. The predicted molar refractivity (Wildman–Crippen MR) is 54.3 cm³/mol. The molecule has 0 aromatic carbocycles. The summed E-state index contributed by atoms with van der Waals surface area (Å²) >= 11 is 0. The lowest BCUT2D eigenvalue weighted by Gasteiger charge is -1.96. The van der Waals surface area contributed by atoms with Crippen LogP contribution in [0.25, 0.3) is 0 Å². The molecular formula is C9H17N3O. The van der Waals surface area contributed by atoms with Gasteiger partial charge in [0.2, 0.25) is 0 Å². The van der Waals surface area contributed by atoms with Crippen LogP contribution in [0.2, 0.25) is 0 Å². The smallest absolute Gasteiger partial charge is 0.185 e. The summed E-state index contributed by atoms with van der Waals surface area (Å²) < 4.78 is 0. The second kappa shape index (κ2) is 7.34. The Bertz CT molecular complexity index is 195. The van der Waals surface area contributed by atoms with Gasteiger partial charge in [0.1, 0.15) is 0 Å². The Morgan fingerprint density at radius 2 is 2.00 bits per heavy atom. The van der Waals surface area contributed by atoms with Crippen molar-refractivity contribution in [2.24, 2.45) is 16.5 Å². The van der Waals surface area contributed by atoms with Crippen LogP contribution in [0.1, 0.15) is 25.7 Å². The van der Waals surface area contributed by atoms with Crippen LogP contribution >= 0.6 is 0 Å². The quantitative estimate of drug-likeness (QED) is 0.262. The summed E-state index contributed by atoms with van der Waals surface area (Å²) in [7, 11) is 0. The third-order valence-electron chi connectivity index (χ3n) is 1.60. The average molecular weight is 183 g/mol. The zero-order valence-corrected chi connectivity index (χ0v) is 7.83. The highest BCUT2D eigenvalue weighted by molar-refractivity contribution is 5.88. The summed E-state index contributed by atoms with van der Waals surface area (Å²) in [4.78, 5) is 14.6. The van der Waals surface area contributed by atoms with E-state index in [1.54, 1.807) is 0 Å². The van der Waals surface area contributed by atoms with E-state index in [1.165, 1.54) is 6.08 Å². The molecule has 0 aromatic heterocycles. The predicted octanol–water partition coefficient (Wildman–Crippen LogP) is 0.575. The molecule has 4 N–H and O–H groups in total. The van der Waals surface area contributed by atoms with E-state index in [0.29, 0.717) is 13.0 Å². The highest BCUT2D eigenvalue weighted by atomic mass is 16.1. The number of hydrogen-bond donors (Lipinski definition) is 2. The maximum Gasteiger partial charge on any atom is 0.185 e. The minimum absolute atomic E-state index is 0.0989. The molecule has 0 rings (SSSR count). The summed E-state index contributed by atoms with van der Waals surface area (Å²) in [5.41, 5.74) is 10.3. The minimum atomic E-state index is 0.0989. The van der Waals surface area contributed by atoms with Gasteiger partial charge in [-0.25, -0.2) is 0 Å². The molecule has 0 radical (unpaired) electrons. The number of guanidine groups is 1. The molecule has 0 spiro atoms. The third-order valence-corrected chi connectivity index (χ3v) is 1.60. The second-order valence-electron chi connectivity index (χ2n) is 2.79. The summed E-state index contributed by atoms with van der Waals surface area (Å²) in [6, 6.07) is 0. The number of carbonyl (C=O) groups is 1. The van der Waals surface area contributed by atoms with Crippen molar-refractivity contribution < 1.29 is 4.79 Å². The van der Waals surface area contributed by atoms with Crippen LogP contribution in [0.15, 0.2) is 17.6 Å². The van der Waals surface area contributed by atoms with Crippen molar-refractivity contribution in [3.63, 3.8) is 0 Å². The third kappa shape index (κ3) is 8.59. The van der Waals surface area contributed by atoms with E-state index in [9.17, 15) is 4.79 Å². The van der Waals surface area contributed by atoms with Crippen LogP contribution in [0, 0.1) is 0 Å². The maximum atomic E-state index is 10.8. The van der Waals surface area contributed by atoms with Crippen molar-refractivity contribution in [3.05, 3.63) is 12.7 Å². The topological polar surface area (TPSA) is 81.5 Å². The van der Waals surface area contributed by atoms with Crippen molar-refractivity contribution in [1.29, 1.82) is 0 Å². The van der Waals surface area contributed by atoms with Gasteiger partial charge in [-0.2, -0.15) is 0 Å². The lowest BCUT2D eigenvalue weighted by atomic mass is 10.1. The lowest BCUT2D eigenvalue weighted by molar-refractivity contribution is -0.114. The number of hydrogen-bond acceptors (Lipinski definition) is 2. The Kier molecular flexibility index (Phi) is 6.59. The van der Waals surface area contributed by atoms with Crippen molar-refractivity contribution in [3.8, 4) is 0 Å². The van der Waals surface area contributed by atoms with E-state index in [2.05, 4.69) is 11.6 Å². The largest absolute Gasteiger partial charge is 0.370 e. The van der Waals surface area contributed by atoms with Crippen molar-refractivity contribution >= 4 is 11.7 Å². The monoisotopic (exact) mass is 183 g/mol. The van der Waals surface area contributed by atoms with Gasteiger partial charge in [-0.3, -0.25) is 9.79 Å². The number of nitrogens with two attached hydrogens (primary N) is 2. The van der Waals surface area contributed by atoms with E-state index in [-0.39, 0.29) is 11.7 Å². The Morgan fingerprint density at radius 3 is 2.54 bits per heavy atom. The van der Waals surface area contributed by atoms with E-state index in [1.807, 2.05) is 0 Å².